The van der Waals surface area contributed by atoms with Gasteiger partial charge in [-0.15, -0.1) is 0 Å². The second kappa shape index (κ2) is 5.30. The van der Waals surface area contributed by atoms with Crippen molar-refractivity contribution in [3.05, 3.63) is 65.7 Å². The molecule has 0 radical (unpaired) electrons. The van der Waals surface area contributed by atoms with Crippen LogP contribution >= 0.6 is 0 Å². The lowest BCUT2D eigenvalue weighted by atomic mass is 9.82. The van der Waals surface area contributed by atoms with Crippen LogP contribution < -0.4 is 4.74 Å². The van der Waals surface area contributed by atoms with Crippen LogP contribution in [-0.2, 0) is 9.53 Å². The Kier molecular flexibility index (Phi) is 3.45. The molecule has 22 heavy (non-hydrogen) atoms. The Labute approximate surface area is 128 Å². The van der Waals surface area contributed by atoms with E-state index >= 15 is 0 Å². The van der Waals surface area contributed by atoms with Crippen LogP contribution in [0, 0.1) is 0 Å². The van der Waals surface area contributed by atoms with Crippen molar-refractivity contribution in [1.29, 1.82) is 0 Å². The second-order valence-corrected chi connectivity index (χ2v) is 5.43. The molecule has 0 saturated heterocycles. The first-order valence-corrected chi connectivity index (χ1v) is 7.07. The molecular formula is C18H16O4. The first-order chi connectivity index (χ1) is 10.5. The Morgan fingerprint density at radius 1 is 1.09 bits per heavy atom. The van der Waals surface area contributed by atoms with E-state index in [1.807, 2.05) is 36.4 Å². The van der Waals surface area contributed by atoms with Gasteiger partial charge >= 0.3 is 5.97 Å². The lowest BCUT2D eigenvalue weighted by molar-refractivity contribution is -0.160. The SMILES string of the molecule is CC(=O)O[C@]1(C)C(=O)c2ccccc2O[C@@H]1c1ccccc1. The molecule has 1 aliphatic heterocycles. The van der Waals surface area contributed by atoms with Crippen LogP contribution in [0.5, 0.6) is 5.75 Å². The van der Waals surface area contributed by atoms with Gasteiger partial charge in [-0.3, -0.25) is 9.59 Å². The highest BCUT2D eigenvalue weighted by atomic mass is 16.6. The molecule has 0 fully saturated rings. The molecular weight excluding hydrogens is 280 g/mol. The number of esters is 1. The molecule has 0 spiro atoms. The highest BCUT2D eigenvalue weighted by Gasteiger charge is 2.51. The summed E-state index contributed by atoms with van der Waals surface area (Å²) in [5, 5.41) is 0. The first-order valence-electron chi connectivity index (χ1n) is 7.07. The number of rotatable bonds is 2. The summed E-state index contributed by atoms with van der Waals surface area (Å²) in [7, 11) is 0. The maximum absolute atomic E-state index is 12.9. The Bertz CT molecular complexity index is 723. The Morgan fingerprint density at radius 3 is 2.41 bits per heavy atom. The predicted molar refractivity (Wildman–Crippen MR) is 80.8 cm³/mol. The smallest absolute Gasteiger partial charge is 0.303 e. The van der Waals surface area contributed by atoms with Gasteiger partial charge in [-0.1, -0.05) is 42.5 Å². The quantitative estimate of drug-likeness (QED) is 0.798. The van der Waals surface area contributed by atoms with E-state index in [1.54, 1.807) is 25.1 Å². The molecule has 0 unspecified atom stereocenters. The molecule has 112 valence electrons. The number of ketones is 1. The minimum absolute atomic E-state index is 0.251. The largest absolute Gasteiger partial charge is 0.480 e. The zero-order chi connectivity index (χ0) is 15.7. The molecule has 4 heteroatoms. The molecule has 2 aromatic carbocycles. The van der Waals surface area contributed by atoms with Crippen molar-refractivity contribution < 1.29 is 19.1 Å². The van der Waals surface area contributed by atoms with Crippen LogP contribution in [0.3, 0.4) is 0 Å². The van der Waals surface area contributed by atoms with Gasteiger partial charge in [-0.05, 0) is 24.6 Å². The topological polar surface area (TPSA) is 52.6 Å². The summed E-state index contributed by atoms with van der Waals surface area (Å²) in [5.74, 6) is -0.260. The van der Waals surface area contributed by atoms with Crippen LogP contribution in [0.1, 0.15) is 35.9 Å². The summed E-state index contributed by atoms with van der Waals surface area (Å²) in [6.07, 6.45) is -0.681. The van der Waals surface area contributed by atoms with Crippen molar-refractivity contribution in [3.63, 3.8) is 0 Å². The molecule has 0 aromatic heterocycles. The number of hydrogen-bond acceptors (Lipinski definition) is 4. The Hall–Kier alpha value is -2.62. The Balaban J connectivity index is 2.14. The van der Waals surface area contributed by atoms with Gasteiger partial charge < -0.3 is 9.47 Å². The van der Waals surface area contributed by atoms with Gasteiger partial charge in [0.05, 0.1) is 5.56 Å². The van der Waals surface area contributed by atoms with E-state index in [-0.39, 0.29) is 5.78 Å². The Morgan fingerprint density at radius 2 is 1.73 bits per heavy atom. The normalized spacial score (nSPS) is 23.4. The number of fused-ring (bicyclic) bond motifs is 1. The fourth-order valence-electron chi connectivity index (χ4n) is 2.80. The number of Topliss-reactive ketones (excluding diaryl/α,β-unsaturated/α-hetero) is 1. The van der Waals surface area contributed by atoms with Crippen LogP contribution in [0.25, 0.3) is 0 Å². The zero-order valence-electron chi connectivity index (χ0n) is 12.4. The van der Waals surface area contributed by atoms with Crippen LogP contribution in [0.2, 0.25) is 0 Å². The molecule has 0 saturated carbocycles. The third-order valence-electron chi connectivity index (χ3n) is 3.79. The lowest BCUT2D eigenvalue weighted by Crippen LogP contribution is -2.50. The molecule has 2 atom stereocenters. The second-order valence-electron chi connectivity index (χ2n) is 5.43. The number of para-hydroxylation sites is 1. The van der Waals surface area contributed by atoms with Gasteiger partial charge in [0.25, 0.3) is 0 Å². The minimum atomic E-state index is -1.39. The van der Waals surface area contributed by atoms with Gasteiger partial charge in [-0.25, -0.2) is 0 Å². The van der Waals surface area contributed by atoms with Crippen molar-refractivity contribution >= 4 is 11.8 Å². The highest BCUT2D eigenvalue weighted by Crippen LogP contribution is 2.43. The standard InChI is InChI=1S/C18H16O4/c1-12(19)22-18(2)16(20)14-10-6-7-11-15(14)21-17(18)13-8-4-3-5-9-13/h3-11,17H,1-2H3/t17-,18-/m1/s1. The van der Waals surface area contributed by atoms with Gasteiger partial charge in [0, 0.05) is 6.92 Å². The van der Waals surface area contributed by atoms with E-state index in [0.717, 1.165) is 5.56 Å². The maximum Gasteiger partial charge on any atom is 0.303 e. The number of benzene rings is 2. The van der Waals surface area contributed by atoms with Crippen molar-refractivity contribution in [2.75, 3.05) is 0 Å². The fraction of sp³-hybridized carbons (Fsp3) is 0.222. The first kappa shape index (κ1) is 14.3. The summed E-state index contributed by atoms with van der Waals surface area (Å²) in [4.78, 5) is 24.4. The number of carbonyl (C=O) groups is 2. The van der Waals surface area contributed by atoms with Crippen molar-refractivity contribution in [2.45, 2.75) is 25.6 Å². The lowest BCUT2D eigenvalue weighted by Gasteiger charge is -2.39. The van der Waals surface area contributed by atoms with E-state index in [4.69, 9.17) is 9.47 Å². The van der Waals surface area contributed by atoms with Gasteiger partial charge in [-0.2, -0.15) is 0 Å². The summed E-state index contributed by atoms with van der Waals surface area (Å²) < 4.78 is 11.4. The third-order valence-corrected chi connectivity index (χ3v) is 3.79. The molecule has 4 nitrogen and oxygen atoms in total. The number of carbonyl (C=O) groups excluding carboxylic acids is 2. The van der Waals surface area contributed by atoms with Crippen molar-refractivity contribution in [3.8, 4) is 5.75 Å². The molecule has 1 heterocycles. The molecule has 0 N–H and O–H groups in total. The molecule has 0 aliphatic carbocycles. The van der Waals surface area contributed by atoms with Crippen LogP contribution in [0.4, 0.5) is 0 Å². The monoisotopic (exact) mass is 296 g/mol. The number of hydrogen-bond donors (Lipinski definition) is 0. The van der Waals surface area contributed by atoms with E-state index in [0.29, 0.717) is 11.3 Å². The zero-order valence-corrected chi connectivity index (χ0v) is 12.4. The van der Waals surface area contributed by atoms with E-state index in [9.17, 15) is 9.59 Å². The number of ether oxygens (including phenoxy) is 2. The molecule has 1 aliphatic rings. The molecule has 3 rings (SSSR count). The highest BCUT2D eigenvalue weighted by molar-refractivity contribution is 6.06. The predicted octanol–water partition coefficient (Wildman–Crippen LogP) is 3.32. The molecule has 2 aromatic rings. The van der Waals surface area contributed by atoms with Gasteiger partial charge in [0.2, 0.25) is 11.4 Å². The summed E-state index contributed by atoms with van der Waals surface area (Å²) >= 11 is 0. The van der Waals surface area contributed by atoms with Crippen molar-refractivity contribution in [1.82, 2.24) is 0 Å². The average molecular weight is 296 g/mol. The molecule has 0 amide bonds. The average Bonchev–Trinajstić information content (AvgIpc) is 2.51. The van der Waals surface area contributed by atoms with Gasteiger partial charge in [0.15, 0.2) is 6.10 Å². The van der Waals surface area contributed by atoms with Crippen molar-refractivity contribution in [2.24, 2.45) is 0 Å². The maximum atomic E-state index is 12.9. The van der Waals surface area contributed by atoms with Crippen LogP contribution in [0.15, 0.2) is 54.6 Å². The van der Waals surface area contributed by atoms with Gasteiger partial charge in [0.1, 0.15) is 5.75 Å². The van der Waals surface area contributed by atoms with E-state index < -0.39 is 17.7 Å². The fourth-order valence-corrected chi connectivity index (χ4v) is 2.80. The summed E-state index contributed by atoms with van der Waals surface area (Å²) in [6, 6.07) is 16.3. The third kappa shape index (κ3) is 2.26. The van der Waals surface area contributed by atoms with Crippen LogP contribution in [-0.4, -0.2) is 17.4 Å². The summed E-state index contributed by atoms with van der Waals surface area (Å²) in [5.41, 5.74) is -0.172. The van der Waals surface area contributed by atoms with E-state index in [1.165, 1.54) is 6.92 Å². The van der Waals surface area contributed by atoms with E-state index in [2.05, 4.69) is 0 Å². The summed E-state index contributed by atoms with van der Waals surface area (Å²) in [6.45, 7) is 2.89. The molecule has 0 bridgehead atoms. The minimum Gasteiger partial charge on any atom is -0.480 e.